The number of hydrogen-bond donors (Lipinski definition) is 1. The van der Waals surface area contributed by atoms with Gasteiger partial charge in [0.1, 0.15) is 22.5 Å². The fourth-order valence-corrected chi connectivity index (χ4v) is 5.27. The number of furan rings is 1. The summed E-state index contributed by atoms with van der Waals surface area (Å²) in [5, 5.41) is 2.80. The number of hydrogen-bond acceptors (Lipinski definition) is 6. The smallest absolute Gasteiger partial charge is 0.387 e. The van der Waals surface area contributed by atoms with Crippen LogP contribution in [0.25, 0.3) is 6.08 Å². The lowest BCUT2D eigenvalue weighted by Crippen LogP contribution is -2.32. The molecule has 1 N–H and O–H groups in total. The minimum atomic E-state index is -2.99. The Balaban J connectivity index is 1.51. The van der Waals surface area contributed by atoms with Crippen molar-refractivity contribution in [3.63, 3.8) is 0 Å². The Morgan fingerprint density at radius 1 is 1.07 bits per heavy atom. The van der Waals surface area contributed by atoms with Crippen LogP contribution in [0.3, 0.4) is 0 Å². The number of aliphatic imine (C=N–C) groups is 1. The van der Waals surface area contributed by atoms with Crippen LogP contribution in [0.15, 0.2) is 106 Å². The molecule has 0 radical (unpaired) electrons. The van der Waals surface area contributed by atoms with Crippen LogP contribution in [0, 0.1) is 6.92 Å². The van der Waals surface area contributed by atoms with E-state index in [1.165, 1.54) is 41.5 Å². The van der Waals surface area contributed by atoms with Crippen LogP contribution in [0.1, 0.15) is 22.1 Å². The van der Waals surface area contributed by atoms with Crippen LogP contribution < -0.4 is 15.0 Å². The molecule has 7 nitrogen and oxygen atoms in total. The molecule has 1 atom stereocenters. The number of anilines is 2. The van der Waals surface area contributed by atoms with E-state index in [2.05, 4.69) is 15.0 Å². The van der Waals surface area contributed by atoms with Crippen LogP contribution in [0.5, 0.6) is 5.75 Å². The van der Waals surface area contributed by atoms with Crippen LogP contribution in [0.2, 0.25) is 5.02 Å². The van der Waals surface area contributed by atoms with Gasteiger partial charge in [-0.25, -0.2) is 4.99 Å². The number of carbonyl (C=O) groups is 2. The predicted octanol–water partition coefficient (Wildman–Crippen LogP) is 7.70. The number of carbonyl (C=O) groups excluding carboxylic acids is 2. The summed E-state index contributed by atoms with van der Waals surface area (Å²) in [5.41, 5.74) is 2.49. The number of amidine groups is 1. The first kappa shape index (κ1) is 28.1. The monoisotopic (exact) mass is 593 g/mol. The van der Waals surface area contributed by atoms with Gasteiger partial charge in [0.15, 0.2) is 5.17 Å². The third-order valence-corrected chi connectivity index (χ3v) is 7.59. The van der Waals surface area contributed by atoms with Gasteiger partial charge in [-0.3, -0.25) is 14.5 Å². The van der Waals surface area contributed by atoms with Gasteiger partial charge in [-0.15, -0.1) is 0 Å². The highest BCUT2D eigenvalue weighted by molar-refractivity contribution is 8.15. The molecule has 1 aliphatic rings. The summed E-state index contributed by atoms with van der Waals surface area (Å²) in [6.07, 6.45) is 2.96. The van der Waals surface area contributed by atoms with Gasteiger partial charge in [0, 0.05) is 16.8 Å². The molecule has 5 rings (SSSR count). The Labute approximate surface area is 243 Å². The van der Waals surface area contributed by atoms with E-state index in [0.717, 1.165) is 17.3 Å². The topological polar surface area (TPSA) is 84.1 Å². The van der Waals surface area contributed by atoms with E-state index in [0.29, 0.717) is 27.7 Å². The van der Waals surface area contributed by atoms with Gasteiger partial charge in [0.2, 0.25) is 5.91 Å². The van der Waals surface area contributed by atoms with E-state index in [1.807, 2.05) is 25.1 Å². The molecule has 0 fully saturated rings. The SMILES string of the molecule is Cc1ccc(NC(=O)C(SC2=NC(=Cc3ccco3)C(=O)N2c2ccc(OC(F)F)cc2)c2ccccc2)cc1Cl. The zero-order chi connectivity index (χ0) is 28.9. The Hall–Kier alpha value is -4.41. The van der Waals surface area contributed by atoms with Crippen molar-refractivity contribution in [3.05, 3.63) is 119 Å². The van der Waals surface area contributed by atoms with Crippen molar-refractivity contribution in [1.29, 1.82) is 0 Å². The Kier molecular flexibility index (Phi) is 8.51. The second-order valence-electron chi connectivity index (χ2n) is 8.81. The van der Waals surface area contributed by atoms with Crippen molar-refractivity contribution in [2.75, 3.05) is 10.2 Å². The van der Waals surface area contributed by atoms with E-state index in [4.69, 9.17) is 16.0 Å². The number of aryl methyl sites for hydroxylation is 1. The molecule has 0 saturated heterocycles. The fourth-order valence-electron chi connectivity index (χ4n) is 3.97. The quantitative estimate of drug-likeness (QED) is 0.212. The third kappa shape index (κ3) is 6.67. The summed E-state index contributed by atoms with van der Waals surface area (Å²) in [4.78, 5) is 33.1. The molecule has 3 aromatic carbocycles. The van der Waals surface area contributed by atoms with Crippen molar-refractivity contribution >= 4 is 57.8 Å². The number of ether oxygens (including phenoxy) is 1. The normalized spacial score (nSPS) is 14.9. The van der Waals surface area contributed by atoms with Gasteiger partial charge < -0.3 is 14.5 Å². The van der Waals surface area contributed by atoms with Gasteiger partial charge >= 0.3 is 6.61 Å². The van der Waals surface area contributed by atoms with Crippen LogP contribution in [-0.4, -0.2) is 23.6 Å². The maximum atomic E-state index is 13.7. The van der Waals surface area contributed by atoms with Gasteiger partial charge in [0.25, 0.3) is 5.91 Å². The minimum absolute atomic E-state index is 0.0637. The first-order valence-corrected chi connectivity index (χ1v) is 13.6. The number of alkyl halides is 2. The van der Waals surface area contributed by atoms with E-state index in [9.17, 15) is 18.4 Å². The molecule has 0 bridgehead atoms. The average molecular weight is 594 g/mol. The van der Waals surface area contributed by atoms with E-state index >= 15 is 0 Å². The lowest BCUT2D eigenvalue weighted by atomic mass is 10.1. The molecule has 11 heteroatoms. The highest BCUT2D eigenvalue weighted by Gasteiger charge is 2.36. The van der Waals surface area contributed by atoms with Crippen LogP contribution in [-0.2, 0) is 9.59 Å². The largest absolute Gasteiger partial charge is 0.465 e. The molecule has 2 heterocycles. The number of benzene rings is 3. The van der Waals surface area contributed by atoms with Gasteiger partial charge in [0.05, 0.1) is 12.0 Å². The number of nitrogens with one attached hydrogen (secondary N) is 1. The van der Waals surface area contributed by atoms with Gasteiger partial charge in [-0.05, 0) is 66.6 Å². The van der Waals surface area contributed by atoms with Crippen molar-refractivity contribution < 1.29 is 27.5 Å². The van der Waals surface area contributed by atoms with Crippen molar-refractivity contribution in [2.24, 2.45) is 4.99 Å². The minimum Gasteiger partial charge on any atom is -0.465 e. The molecular weight excluding hydrogens is 572 g/mol. The van der Waals surface area contributed by atoms with Crippen LogP contribution >= 0.6 is 23.4 Å². The standard InChI is InChI=1S/C30H22ClF2N3O4S/c1-18-9-10-20(16-24(18)31)34-27(37)26(19-6-3-2-4-7-19)41-30-35-25(17-23-8-5-15-39-23)28(38)36(30)21-11-13-22(14-12-21)40-29(32)33/h2-17,26,29H,1H3,(H,34,37). The molecule has 2 amide bonds. The highest BCUT2D eigenvalue weighted by Crippen LogP contribution is 2.38. The lowest BCUT2D eigenvalue weighted by Gasteiger charge is -2.22. The summed E-state index contributed by atoms with van der Waals surface area (Å²) in [6, 6.07) is 23.2. The van der Waals surface area contributed by atoms with Crippen molar-refractivity contribution in [3.8, 4) is 5.75 Å². The predicted molar refractivity (Wildman–Crippen MR) is 156 cm³/mol. The van der Waals surface area contributed by atoms with Gasteiger partial charge in [-0.1, -0.05) is 59.8 Å². The van der Waals surface area contributed by atoms with E-state index in [1.54, 1.807) is 42.5 Å². The molecular formula is C30H22ClF2N3O4S. The molecule has 1 aliphatic heterocycles. The number of amides is 2. The molecule has 0 aliphatic carbocycles. The summed E-state index contributed by atoms with van der Waals surface area (Å²) in [5.74, 6) is -0.493. The van der Waals surface area contributed by atoms with Crippen molar-refractivity contribution in [1.82, 2.24) is 0 Å². The second-order valence-corrected chi connectivity index (χ2v) is 10.3. The highest BCUT2D eigenvalue weighted by atomic mass is 35.5. The summed E-state index contributed by atoms with van der Waals surface area (Å²) < 4.78 is 35.2. The maximum absolute atomic E-state index is 13.7. The molecule has 4 aromatic rings. The number of rotatable bonds is 8. The lowest BCUT2D eigenvalue weighted by molar-refractivity contribution is -0.116. The first-order valence-electron chi connectivity index (χ1n) is 12.3. The van der Waals surface area contributed by atoms with Gasteiger partial charge in [-0.2, -0.15) is 8.78 Å². The maximum Gasteiger partial charge on any atom is 0.387 e. The average Bonchev–Trinajstić information content (AvgIpc) is 3.58. The fraction of sp³-hybridized carbons (Fsp3) is 0.100. The third-order valence-electron chi connectivity index (χ3n) is 5.97. The van der Waals surface area contributed by atoms with Crippen molar-refractivity contribution in [2.45, 2.75) is 18.8 Å². The number of thioether (sulfide) groups is 1. The molecule has 1 unspecified atom stereocenters. The molecule has 41 heavy (non-hydrogen) atoms. The summed E-state index contributed by atoms with van der Waals surface area (Å²) in [7, 11) is 0. The zero-order valence-corrected chi connectivity index (χ0v) is 23.0. The van der Waals surface area contributed by atoms with Crippen LogP contribution in [0.4, 0.5) is 20.2 Å². The summed E-state index contributed by atoms with van der Waals surface area (Å²) in [6.45, 7) is -1.13. The zero-order valence-electron chi connectivity index (χ0n) is 21.5. The number of nitrogens with zero attached hydrogens (tertiary/aromatic N) is 2. The summed E-state index contributed by atoms with van der Waals surface area (Å²) >= 11 is 7.33. The van der Waals surface area contributed by atoms with E-state index in [-0.39, 0.29) is 22.5 Å². The molecule has 0 spiro atoms. The molecule has 208 valence electrons. The Bertz CT molecular complexity index is 1610. The molecule has 0 saturated carbocycles. The number of halogens is 3. The Morgan fingerprint density at radius 3 is 2.49 bits per heavy atom. The molecule has 1 aromatic heterocycles. The Morgan fingerprint density at radius 2 is 1.83 bits per heavy atom. The van der Waals surface area contributed by atoms with E-state index < -0.39 is 17.8 Å². The second kappa shape index (κ2) is 12.4. The first-order chi connectivity index (χ1) is 19.8.